The van der Waals surface area contributed by atoms with E-state index in [1.807, 2.05) is 0 Å². The molecular weight excluding hydrogens is 230 g/mol. The number of piperidine rings is 1. The van der Waals surface area contributed by atoms with Gasteiger partial charge in [-0.3, -0.25) is 4.90 Å². The van der Waals surface area contributed by atoms with E-state index in [9.17, 15) is 4.79 Å². The maximum atomic E-state index is 11.1. The van der Waals surface area contributed by atoms with Crippen molar-refractivity contribution in [1.82, 2.24) is 14.9 Å². The summed E-state index contributed by atoms with van der Waals surface area (Å²) in [6.45, 7) is 4.97. The van der Waals surface area contributed by atoms with Crippen LogP contribution in [0.4, 0.5) is 0 Å². The van der Waals surface area contributed by atoms with Crippen LogP contribution in [0.25, 0.3) is 0 Å². The summed E-state index contributed by atoms with van der Waals surface area (Å²) < 4.78 is 0. The highest BCUT2D eigenvalue weighted by atomic mass is 16.4. The van der Waals surface area contributed by atoms with Gasteiger partial charge in [0.05, 0.1) is 5.69 Å². The van der Waals surface area contributed by atoms with Crippen molar-refractivity contribution < 1.29 is 9.90 Å². The molecule has 0 bridgehead atoms. The number of aromatic nitrogens is 2. The van der Waals surface area contributed by atoms with Crippen LogP contribution in [-0.2, 0) is 6.54 Å². The highest BCUT2D eigenvalue weighted by Gasteiger charge is 2.26. The minimum absolute atomic E-state index is 0.211. The largest absolute Gasteiger partial charge is 0.478 e. The molecule has 5 heteroatoms. The van der Waals surface area contributed by atoms with Crippen molar-refractivity contribution >= 4 is 5.97 Å². The summed E-state index contributed by atoms with van der Waals surface area (Å²) in [6, 6.07) is 0.954. The highest BCUT2D eigenvalue weighted by molar-refractivity contribution is 5.88. The van der Waals surface area contributed by atoms with Gasteiger partial charge < -0.3 is 5.11 Å². The molecule has 0 radical (unpaired) electrons. The van der Waals surface area contributed by atoms with Crippen LogP contribution in [0.5, 0.6) is 0 Å². The molecule has 0 aromatic carbocycles. The number of hydrogen-bond acceptors (Lipinski definition) is 4. The second kappa shape index (κ2) is 5.44. The molecule has 5 nitrogen and oxygen atoms in total. The van der Waals surface area contributed by atoms with Crippen LogP contribution in [0.1, 0.15) is 49.2 Å². The van der Waals surface area contributed by atoms with Crippen molar-refractivity contribution in [2.45, 2.75) is 51.7 Å². The summed E-state index contributed by atoms with van der Waals surface area (Å²) in [7, 11) is 0. The van der Waals surface area contributed by atoms with E-state index in [0.29, 0.717) is 24.3 Å². The van der Waals surface area contributed by atoms with Crippen molar-refractivity contribution in [3.05, 3.63) is 23.8 Å². The zero-order valence-corrected chi connectivity index (χ0v) is 10.8. The first-order valence-corrected chi connectivity index (χ1v) is 6.37. The molecule has 98 valence electrons. The molecule has 2 unspecified atom stereocenters. The van der Waals surface area contributed by atoms with Crippen LogP contribution in [0.3, 0.4) is 0 Å². The lowest BCUT2D eigenvalue weighted by Gasteiger charge is -2.38. The molecule has 1 N–H and O–H groups in total. The van der Waals surface area contributed by atoms with Gasteiger partial charge in [-0.15, -0.1) is 0 Å². The maximum absolute atomic E-state index is 11.1. The molecule has 1 aliphatic heterocycles. The van der Waals surface area contributed by atoms with Gasteiger partial charge in [-0.25, -0.2) is 14.8 Å². The van der Waals surface area contributed by atoms with Gasteiger partial charge in [-0.1, -0.05) is 6.42 Å². The Morgan fingerprint density at radius 1 is 1.44 bits per heavy atom. The Morgan fingerprint density at radius 3 is 2.72 bits per heavy atom. The van der Waals surface area contributed by atoms with E-state index in [1.54, 1.807) is 0 Å². The van der Waals surface area contributed by atoms with Gasteiger partial charge in [0.2, 0.25) is 0 Å². The summed E-state index contributed by atoms with van der Waals surface area (Å²) in [6.07, 6.45) is 6.37. The minimum atomic E-state index is -0.956. The Kier molecular flexibility index (Phi) is 3.91. The third-order valence-corrected chi connectivity index (χ3v) is 3.73. The second-order valence-electron chi connectivity index (χ2n) is 4.99. The van der Waals surface area contributed by atoms with Crippen LogP contribution >= 0.6 is 0 Å². The Balaban J connectivity index is 2.20. The molecule has 2 heterocycles. The van der Waals surface area contributed by atoms with E-state index in [-0.39, 0.29) is 5.56 Å². The quantitative estimate of drug-likeness (QED) is 0.886. The lowest BCUT2D eigenvalue weighted by molar-refractivity contribution is 0.0682. The monoisotopic (exact) mass is 249 g/mol. The molecule has 1 fully saturated rings. The summed E-state index contributed by atoms with van der Waals surface area (Å²) >= 11 is 0. The van der Waals surface area contributed by atoms with E-state index in [0.717, 1.165) is 12.8 Å². The molecule has 2 rings (SSSR count). The van der Waals surface area contributed by atoms with E-state index in [1.165, 1.54) is 18.9 Å². The molecule has 1 saturated heterocycles. The number of rotatable bonds is 3. The van der Waals surface area contributed by atoms with Crippen molar-refractivity contribution in [3.8, 4) is 0 Å². The molecule has 1 aromatic rings. The molecule has 0 spiro atoms. The minimum Gasteiger partial charge on any atom is -0.478 e. The zero-order valence-electron chi connectivity index (χ0n) is 10.8. The summed E-state index contributed by atoms with van der Waals surface area (Å²) in [5.41, 5.74) is 0.820. The molecular formula is C13H19N3O2. The van der Waals surface area contributed by atoms with Gasteiger partial charge in [0.1, 0.15) is 11.9 Å². The molecule has 0 amide bonds. The number of nitrogens with zero attached hydrogens (tertiary/aromatic N) is 3. The summed E-state index contributed by atoms with van der Waals surface area (Å²) in [5.74, 6) is -0.956. The van der Waals surface area contributed by atoms with Crippen molar-refractivity contribution in [3.63, 3.8) is 0 Å². The number of carboxylic acid groups (broad SMARTS) is 1. The third kappa shape index (κ3) is 2.67. The first-order valence-electron chi connectivity index (χ1n) is 6.37. The van der Waals surface area contributed by atoms with Gasteiger partial charge in [0, 0.05) is 24.8 Å². The number of aromatic carboxylic acids is 1. The molecule has 2 atom stereocenters. The smallest absolute Gasteiger partial charge is 0.339 e. The maximum Gasteiger partial charge on any atom is 0.339 e. The van der Waals surface area contributed by atoms with Crippen LogP contribution in [0, 0.1) is 0 Å². The molecule has 18 heavy (non-hydrogen) atoms. The van der Waals surface area contributed by atoms with E-state index < -0.39 is 5.97 Å². The van der Waals surface area contributed by atoms with Crippen LogP contribution < -0.4 is 0 Å². The van der Waals surface area contributed by atoms with Crippen LogP contribution in [-0.4, -0.2) is 38.0 Å². The SMILES string of the molecule is CC1CCCC(C)N1Cc1ncncc1C(=O)O. The van der Waals surface area contributed by atoms with Gasteiger partial charge in [-0.05, 0) is 26.7 Å². The number of likely N-dealkylation sites (tertiary alicyclic amines) is 1. The number of hydrogen-bond donors (Lipinski definition) is 1. The third-order valence-electron chi connectivity index (χ3n) is 3.73. The van der Waals surface area contributed by atoms with Crippen LogP contribution in [0.2, 0.25) is 0 Å². The Labute approximate surface area is 107 Å². The number of carboxylic acids is 1. The van der Waals surface area contributed by atoms with E-state index in [4.69, 9.17) is 5.11 Å². The summed E-state index contributed by atoms with van der Waals surface area (Å²) in [4.78, 5) is 21.4. The molecule has 0 saturated carbocycles. The second-order valence-corrected chi connectivity index (χ2v) is 4.99. The van der Waals surface area contributed by atoms with E-state index >= 15 is 0 Å². The van der Waals surface area contributed by atoms with Crippen LogP contribution in [0.15, 0.2) is 12.5 Å². The average Bonchev–Trinajstić information content (AvgIpc) is 2.34. The van der Waals surface area contributed by atoms with Gasteiger partial charge in [0.15, 0.2) is 0 Å². The van der Waals surface area contributed by atoms with Crippen molar-refractivity contribution in [1.29, 1.82) is 0 Å². The predicted octanol–water partition coefficient (Wildman–Crippen LogP) is 1.94. The predicted molar refractivity (Wildman–Crippen MR) is 67.3 cm³/mol. The molecule has 0 aliphatic carbocycles. The fourth-order valence-corrected chi connectivity index (χ4v) is 2.62. The van der Waals surface area contributed by atoms with Crippen molar-refractivity contribution in [2.75, 3.05) is 0 Å². The summed E-state index contributed by atoms with van der Waals surface area (Å²) in [5, 5.41) is 9.13. The molecule has 1 aliphatic rings. The Hall–Kier alpha value is -1.49. The van der Waals surface area contributed by atoms with E-state index in [2.05, 4.69) is 28.7 Å². The standard InChI is InChI=1S/C13H19N3O2/c1-9-4-3-5-10(2)16(9)7-12-11(13(17)18)6-14-8-15-12/h6,8-10H,3-5,7H2,1-2H3,(H,17,18). The first kappa shape index (κ1) is 13.0. The average molecular weight is 249 g/mol. The number of carbonyl (C=O) groups is 1. The van der Waals surface area contributed by atoms with Gasteiger partial charge in [0.25, 0.3) is 0 Å². The fourth-order valence-electron chi connectivity index (χ4n) is 2.62. The fraction of sp³-hybridized carbons (Fsp3) is 0.615. The Morgan fingerprint density at radius 2 is 2.11 bits per heavy atom. The zero-order chi connectivity index (χ0) is 13.1. The molecule has 1 aromatic heterocycles. The normalized spacial score (nSPS) is 25.0. The van der Waals surface area contributed by atoms with Gasteiger partial charge in [-0.2, -0.15) is 0 Å². The van der Waals surface area contributed by atoms with Gasteiger partial charge >= 0.3 is 5.97 Å². The Bertz CT molecular complexity index is 426. The topological polar surface area (TPSA) is 66.3 Å². The lowest BCUT2D eigenvalue weighted by Crippen LogP contribution is -2.43. The highest BCUT2D eigenvalue weighted by Crippen LogP contribution is 2.24. The first-order chi connectivity index (χ1) is 8.59. The lowest BCUT2D eigenvalue weighted by atomic mass is 9.97. The van der Waals surface area contributed by atoms with Crippen molar-refractivity contribution in [2.24, 2.45) is 0 Å².